The number of oxazole rings is 2. The Labute approximate surface area is 328 Å². The first-order chi connectivity index (χ1) is 28.2. The Bertz CT molecular complexity index is 3010. The second-order valence-corrected chi connectivity index (χ2v) is 14.5. The quantitative estimate of drug-likeness (QED) is 0.170. The molecule has 11 rings (SSSR count). The maximum absolute atomic E-state index is 10.5. The summed E-state index contributed by atoms with van der Waals surface area (Å²) >= 11 is 0. The number of benzene rings is 8. The minimum atomic E-state index is -0.539. The second-order valence-electron chi connectivity index (χ2n) is 14.5. The fourth-order valence-electron chi connectivity index (χ4n) is 8.68. The lowest BCUT2D eigenvalue weighted by Crippen LogP contribution is -2.28. The predicted octanol–water partition coefficient (Wildman–Crippen LogP) is 12.9. The van der Waals surface area contributed by atoms with Gasteiger partial charge in [0.2, 0.25) is 11.8 Å². The third kappa shape index (κ3) is 5.23. The van der Waals surface area contributed by atoms with Crippen LogP contribution >= 0.6 is 0 Å². The molecule has 1 aliphatic carbocycles. The van der Waals surface area contributed by atoms with Gasteiger partial charge in [0.25, 0.3) is 0 Å². The highest BCUT2D eigenvalue weighted by Gasteiger charge is 2.46. The molecule has 0 N–H and O–H groups in total. The van der Waals surface area contributed by atoms with E-state index in [9.17, 15) is 5.26 Å². The first-order valence-electron chi connectivity index (χ1n) is 18.9. The summed E-state index contributed by atoms with van der Waals surface area (Å²) < 4.78 is 12.6. The van der Waals surface area contributed by atoms with Crippen LogP contribution in [0, 0.1) is 11.3 Å². The van der Waals surface area contributed by atoms with Crippen LogP contribution in [0.3, 0.4) is 0 Å². The standard InChI is InChI=1S/C52H31N3O2/c53-32-33-25-35(34-23-24-43-42-17-7-8-18-44(42)52(45(43)31-34,40-13-3-1-4-14-40)41-15-5-2-6-16-41)27-36(26-33)37-28-38(50-54-46-19-9-11-21-48(46)56-50)30-39(29-37)51-55-47-20-10-12-22-49(47)57-51/h1-31H. The summed E-state index contributed by atoms with van der Waals surface area (Å²) in [5.41, 5.74) is 15.5. The highest BCUT2D eigenvalue weighted by atomic mass is 16.4. The van der Waals surface area contributed by atoms with Crippen LogP contribution in [-0.4, -0.2) is 9.97 Å². The van der Waals surface area contributed by atoms with Crippen LogP contribution in [0.2, 0.25) is 0 Å². The zero-order valence-electron chi connectivity index (χ0n) is 30.6. The number of hydrogen-bond donors (Lipinski definition) is 0. The molecule has 0 fully saturated rings. The van der Waals surface area contributed by atoms with Crippen LogP contribution in [-0.2, 0) is 5.41 Å². The Balaban J connectivity index is 1.11. The fraction of sp³-hybridized carbons (Fsp3) is 0.0192. The molecule has 8 aromatic carbocycles. The largest absolute Gasteiger partial charge is 0.436 e. The number of nitriles is 1. The van der Waals surface area contributed by atoms with Crippen molar-refractivity contribution in [2.45, 2.75) is 5.41 Å². The van der Waals surface area contributed by atoms with E-state index in [1.54, 1.807) is 0 Å². The summed E-state index contributed by atoms with van der Waals surface area (Å²) in [7, 11) is 0. The lowest BCUT2D eigenvalue weighted by molar-refractivity contribution is 0.617. The SMILES string of the molecule is N#Cc1cc(-c2cc(-c3nc4ccccc4o3)cc(-c3nc4ccccc4o3)c2)cc(-c2ccc3c(c2)C(c2ccccc2)(c2ccccc2)c2ccccc2-3)c1. The molecule has 0 unspecified atom stereocenters. The lowest BCUT2D eigenvalue weighted by atomic mass is 9.67. The Kier molecular flexibility index (Phi) is 7.38. The highest BCUT2D eigenvalue weighted by Crippen LogP contribution is 2.56. The average Bonchev–Trinajstić information content (AvgIpc) is 4.00. The van der Waals surface area contributed by atoms with Crippen molar-refractivity contribution in [2.75, 3.05) is 0 Å². The summed E-state index contributed by atoms with van der Waals surface area (Å²) in [6.45, 7) is 0. The van der Waals surface area contributed by atoms with Crippen LogP contribution in [0.25, 0.3) is 78.5 Å². The molecule has 57 heavy (non-hydrogen) atoms. The van der Waals surface area contributed by atoms with Gasteiger partial charge in [-0.15, -0.1) is 0 Å². The van der Waals surface area contributed by atoms with E-state index in [1.165, 1.54) is 33.4 Å². The molecule has 2 heterocycles. The van der Waals surface area contributed by atoms with Gasteiger partial charge in [0.05, 0.1) is 17.0 Å². The van der Waals surface area contributed by atoms with Crippen molar-refractivity contribution in [1.29, 1.82) is 5.26 Å². The topological polar surface area (TPSA) is 75.8 Å². The summed E-state index contributed by atoms with van der Waals surface area (Å²) in [6.07, 6.45) is 0. The number of nitrogens with zero attached hydrogens (tertiary/aromatic N) is 3. The molecule has 266 valence electrons. The van der Waals surface area contributed by atoms with Crippen molar-refractivity contribution in [3.05, 3.63) is 216 Å². The van der Waals surface area contributed by atoms with Crippen molar-refractivity contribution in [2.24, 2.45) is 0 Å². The summed E-state index contributed by atoms with van der Waals surface area (Å²) in [6, 6.07) is 67.2. The maximum atomic E-state index is 10.5. The molecule has 0 atom stereocenters. The Morgan fingerprint density at radius 3 is 1.47 bits per heavy atom. The fourth-order valence-corrected chi connectivity index (χ4v) is 8.68. The van der Waals surface area contributed by atoms with Gasteiger partial charge in [-0.1, -0.05) is 121 Å². The molecule has 0 bridgehead atoms. The molecule has 2 aromatic heterocycles. The number of aromatic nitrogens is 2. The van der Waals surface area contributed by atoms with E-state index < -0.39 is 5.41 Å². The third-order valence-electron chi connectivity index (χ3n) is 11.2. The normalized spacial score (nSPS) is 12.7. The van der Waals surface area contributed by atoms with E-state index in [2.05, 4.69) is 127 Å². The van der Waals surface area contributed by atoms with Crippen molar-refractivity contribution < 1.29 is 8.83 Å². The number of rotatable bonds is 6. The molecule has 0 radical (unpaired) electrons. The van der Waals surface area contributed by atoms with E-state index >= 15 is 0 Å². The van der Waals surface area contributed by atoms with Gasteiger partial charge >= 0.3 is 0 Å². The minimum Gasteiger partial charge on any atom is -0.436 e. The molecule has 10 aromatic rings. The predicted molar refractivity (Wildman–Crippen MR) is 225 cm³/mol. The molecular weight excluding hydrogens is 699 g/mol. The number of para-hydroxylation sites is 4. The lowest BCUT2D eigenvalue weighted by Gasteiger charge is -2.34. The Hall–Kier alpha value is -7.81. The van der Waals surface area contributed by atoms with Gasteiger partial charge in [0.1, 0.15) is 11.0 Å². The molecule has 5 nitrogen and oxygen atoms in total. The van der Waals surface area contributed by atoms with Gasteiger partial charge in [-0.2, -0.15) is 5.26 Å². The van der Waals surface area contributed by atoms with E-state index in [0.717, 1.165) is 44.4 Å². The zero-order valence-corrected chi connectivity index (χ0v) is 30.6. The van der Waals surface area contributed by atoms with E-state index in [-0.39, 0.29) is 0 Å². The van der Waals surface area contributed by atoms with Crippen molar-refractivity contribution in [1.82, 2.24) is 9.97 Å². The number of fused-ring (bicyclic) bond motifs is 5. The Morgan fingerprint density at radius 1 is 0.404 bits per heavy atom. The van der Waals surface area contributed by atoms with Crippen LogP contribution in [0.4, 0.5) is 0 Å². The smallest absolute Gasteiger partial charge is 0.227 e. The molecule has 1 aliphatic rings. The van der Waals surface area contributed by atoms with E-state index in [1.807, 2.05) is 66.7 Å². The van der Waals surface area contributed by atoms with Gasteiger partial charge in [-0.3, -0.25) is 0 Å². The van der Waals surface area contributed by atoms with Crippen LogP contribution in [0.15, 0.2) is 197 Å². The van der Waals surface area contributed by atoms with Gasteiger partial charge in [0, 0.05) is 11.1 Å². The first kappa shape index (κ1) is 32.6. The number of hydrogen-bond acceptors (Lipinski definition) is 5. The van der Waals surface area contributed by atoms with Crippen LogP contribution in [0.5, 0.6) is 0 Å². The second kappa shape index (κ2) is 12.9. The molecule has 5 heteroatoms. The maximum Gasteiger partial charge on any atom is 0.227 e. The summed E-state index contributed by atoms with van der Waals surface area (Å²) in [4.78, 5) is 9.68. The van der Waals surface area contributed by atoms with Gasteiger partial charge < -0.3 is 8.83 Å². The molecular formula is C52H31N3O2. The molecule has 0 spiro atoms. The molecule has 0 aliphatic heterocycles. The van der Waals surface area contributed by atoms with Gasteiger partial charge in [-0.05, 0) is 122 Å². The highest BCUT2D eigenvalue weighted by molar-refractivity contribution is 5.90. The third-order valence-corrected chi connectivity index (χ3v) is 11.2. The van der Waals surface area contributed by atoms with Crippen molar-refractivity contribution >= 4 is 22.2 Å². The monoisotopic (exact) mass is 729 g/mol. The average molecular weight is 730 g/mol. The summed E-state index contributed by atoms with van der Waals surface area (Å²) in [5.74, 6) is 0.979. The van der Waals surface area contributed by atoms with Crippen LogP contribution in [0.1, 0.15) is 27.8 Å². The summed E-state index contributed by atoms with van der Waals surface area (Å²) in [5, 5.41) is 10.5. The zero-order chi connectivity index (χ0) is 37.9. The minimum absolute atomic E-state index is 0.489. The van der Waals surface area contributed by atoms with E-state index in [0.29, 0.717) is 28.5 Å². The molecule has 0 amide bonds. The van der Waals surface area contributed by atoms with Crippen molar-refractivity contribution in [3.63, 3.8) is 0 Å². The molecule has 0 saturated carbocycles. The van der Waals surface area contributed by atoms with Crippen LogP contribution < -0.4 is 0 Å². The Morgan fingerprint density at radius 2 is 0.877 bits per heavy atom. The van der Waals surface area contributed by atoms with Gasteiger partial charge in [0.15, 0.2) is 11.2 Å². The van der Waals surface area contributed by atoms with E-state index in [4.69, 9.17) is 18.8 Å². The van der Waals surface area contributed by atoms with Crippen molar-refractivity contribution in [3.8, 4) is 62.4 Å². The molecule has 0 saturated heterocycles. The van der Waals surface area contributed by atoms with Gasteiger partial charge in [-0.25, -0.2) is 9.97 Å². The first-order valence-corrected chi connectivity index (χ1v) is 18.9.